The fraction of sp³-hybridized carbons (Fsp3) is 0.385. The minimum atomic E-state index is 0.146. The number of aromatic nitrogens is 2. The van der Waals surface area contributed by atoms with E-state index < -0.39 is 0 Å². The lowest BCUT2D eigenvalue weighted by molar-refractivity contribution is 0.359. The van der Waals surface area contributed by atoms with Gasteiger partial charge in [-0.15, -0.1) is 0 Å². The van der Waals surface area contributed by atoms with Crippen molar-refractivity contribution < 1.29 is 4.52 Å². The third-order valence-electron chi connectivity index (χ3n) is 3.47. The Kier molecular flexibility index (Phi) is 1.80. The van der Waals surface area contributed by atoms with E-state index in [9.17, 15) is 0 Å². The van der Waals surface area contributed by atoms with Crippen LogP contribution in [0.2, 0.25) is 0 Å². The highest BCUT2D eigenvalue weighted by Crippen LogP contribution is 2.39. The summed E-state index contributed by atoms with van der Waals surface area (Å²) in [6, 6.07) is 8.48. The first-order valence-corrected chi connectivity index (χ1v) is 6.08. The molecule has 0 amide bonds. The number of anilines is 1. The fourth-order valence-electron chi connectivity index (χ4n) is 2.34. The molecule has 17 heavy (non-hydrogen) atoms. The van der Waals surface area contributed by atoms with Gasteiger partial charge in [-0.05, 0) is 24.5 Å². The molecule has 4 rings (SSSR count). The topological polar surface area (TPSA) is 51.0 Å². The van der Waals surface area contributed by atoms with Gasteiger partial charge in [-0.3, -0.25) is 0 Å². The number of hydrogen-bond acceptors (Lipinski definition) is 4. The summed E-state index contributed by atoms with van der Waals surface area (Å²) < 4.78 is 5.36. The maximum absolute atomic E-state index is 5.36. The molecule has 0 spiro atoms. The van der Waals surface area contributed by atoms with Gasteiger partial charge in [0.2, 0.25) is 5.89 Å². The monoisotopic (exact) mass is 227 g/mol. The highest BCUT2D eigenvalue weighted by molar-refractivity contribution is 5.56. The summed E-state index contributed by atoms with van der Waals surface area (Å²) in [5.74, 6) is 2.16. The third kappa shape index (κ3) is 1.52. The van der Waals surface area contributed by atoms with E-state index in [1.807, 2.05) is 6.07 Å². The van der Waals surface area contributed by atoms with E-state index in [2.05, 4.69) is 33.7 Å². The number of nitrogens with one attached hydrogen (secondary N) is 1. The van der Waals surface area contributed by atoms with Crippen molar-refractivity contribution >= 4 is 5.69 Å². The van der Waals surface area contributed by atoms with Crippen LogP contribution in [0.5, 0.6) is 0 Å². The van der Waals surface area contributed by atoms with Crippen LogP contribution in [0.1, 0.15) is 42.1 Å². The number of hydrogen-bond donors (Lipinski definition) is 1. The molecule has 1 saturated carbocycles. The van der Waals surface area contributed by atoms with Crippen LogP contribution < -0.4 is 5.32 Å². The predicted octanol–water partition coefficient (Wildman–Crippen LogP) is 2.66. The number of nitrogens with zero attached hydrogens (tertiary/aromatic N) is 2. The van der Waals surface area contributed by atoms with Gasteiger partial charge in [-0.2, -0.15) is 4.98 Å². The van der Waals surface area contributed by atoms with Crippen LogP contribution in [0.4, 0.5) is 5.69 Å². The van der Waals surface area contributed by atoms with Crippen LogP contribution in [0.15, 0.2) is 28.8 Å². The summed E-state index contributed by atoms with van der Waals surface area (Å²) >= 11 is 0. The van der Waals surface area contributed by atoms with Crippen LogP contribution in [0.25, 0.3) is 0 Å². The van der Waals surface area contributed by atoms with Crippen LogP contribution >= 0.6 is 0 Å². The van der Waals surface area contributed by atoms with Gasteiger partial charge >= 0.3 is 0 Å². The first-order valence-electron chi connectivity index (χ1n) is 6.08. The minimum Gasteiger partial charge on any atom is -0.373 e. The molecule has 0 radical (unpaired) electrons. The maximum Gasteiger partial charge on any atom is 0.249 e. The minimum absolute atomic E-state index is 0.146. The van der Waals surface area contributed by atoms with E-state index in [0.29, 0.717) is 5.92 Å². The van der Waals surface area contributed by atoms with E-state index in [1.54, 1.807) is 0 Å². The summed E-state index contributed by atoms with van der Waals surface area (Å²) in [6.45, 7) is 0. The van der Waals surface area contributed by atoms with Crippen molar-refractivity contribution in [3.8, 4) is 0 Å². The standard InChI is InChI=1S/C13H13N3O/c1-2-4-10-9(3-1)7-11(14-10)13-15-12(16-17-13)8-5-6-8/h1-4,8,11,14H,5-7H2. The Hall–Kier alpha value is -1.84. The van der Waals surface area contributed by atoms with Crippen molar-refractivity contribution in [2.24, 2.45) is 0 Å². The fourth-order valence-corrected chi connectivity index (χ4v) is 2.34. The lowest BCUT2D eigenvalue weighted by atomic mass is 10.1. The molecule has 0 saturated heterocycles. The molecule has 1 aliphatic carbocycles. The highest BCUT2D eigenvalue weighted by atomic mass is 16.5. The van der Waals surface area contributed by atoms with Gasteiger partial charge in [0.15, 0.2) is 5.82 Å². The molecule has 86 valence electrons. The Morgan fingerprint density at radius 2 is 2.12 bits per heavy atom. The first-order chi connectivity index (χ1) is 8.40. The van der Waals surface area contributed by atoms with Crippen LogP contribution in [0, 0.1) is 0 Å². The molecule has 1 N–H and O–H groups in total. The van der Waals surface area contributed by atoms with Gasteiger partial charge in [0, 0.05) is 18.0 Å². The van der Waals surface area contributed by atoms with Gasteiger partial charge in [0.1, 0.15) is 6.04 Å². The zero-order chi connectivity index (χ0) is 11.2. The van der Waals surface area contributed by atoms with Crippen molar-refractivity contribution in [1.82, 2.24) is 10.1 Å². The third-order valence-corrected chi connectivity index (χ3v) is 3.47. The Balaban J connectivity index is 1.60. The Morgan fingerprint density at radius 3 is 2.94 bits per heavy atom. The molecule has 2 aromatic rings. The summed E-state index contributed by atoms with van der Waals surface area (Å²) in [5, 5.41) is 7.49. The molecule has 2 heterocycles. The molecular weight excluding hydrogens is 214 g/mol. The van der Waals surface area contributed by atoms with Crippen molar-refractivity contribution in [2.45, 2.75) is 31.2 Å². The predicted molar refractivity (Wildman–Crippen MR) is 62.8 cm³/mol. The maximum atomic E-state index is 5.36. The summed E-state index contributed by atoms with van der Waals surface area (Å²) in [6.07, 6.45) is 3.34. The largest absolute Gasteiger partial charge is 0.373 e. The Labute approximate surface area is 99.0 Å². The zero-order valence-electron chi connectivity index (χ0n) is 9.39. The van der Waals surface area contributed by atoms with Gasteiger partial charge in [0.05, 0.1) is 0 Å². The molecule has 4 heteroatoms. The average Bonchev–Trinajstić information content (AvgIpc) is 2.94. The number of fused-ring (bicyclic) bond motifs is 1. The molecule has 1 fully saturated rings. The zero-order valence-corrected chi connectivity index (χ0v) is 9.39. The molecule has 1 unspecified atom stereocenters. The second-order valence-electron chi connectivity index (χ2n) is 4.82. The molecule has 0 bridgehead atoms. The quantitative estimate of drug-likeness (QED) is 0.856. The molecule has 1 atom stereocenters. The van der Waals surface area contributed by atoms with E-state index in [1.165, 1.54) is 24.1 Å². The Bertz CT molecular complexity index is 534. The average molecular weight is 227 g/mol. The molecule has 4 nitrogen and oxygen atoms in total. The lowest BCUT2D eigenvalue weighted by Gasteiger charge is -2.04. The SMILES string of the molecule is c1ccc2c(c1)CC(c1nc(C3CC3)no1)N2. The van der Waals surface area contributed by atoms with Gasteiger partial charge in [-0.1, -0.05) is 23.4 Å². The van der Waals surface area contributed by atoms with Crippen molar-refractivity contribution in [2.75, 3.05) is 5.32 Å². The highest BCUT2D eigenvalue weighted by Gasteiger charge is 2.32. The van der Waals surface area contributed by atoms with Gasteiger partial charge < -0.3 is 9.84 Å². The lowest BCUT2D eigenvalue weighted by Crippen LogP contribution is -2.06. The van der Waals surface area contributed by atoms with Gasteiger partial charge in [-0.25, -0.2) is 0 Å². The molecule has 1 aromatic carbocycles. The van der Waals surface area contributed by atoms with Crippen LogP contribution in [-0.4, -0.2) is 10.1 Å². The molecule has 2 aliphatic rings. The Morgan fingerprint density at radius 1 is 1.24 bits per heavy atom. The normalized spacial score (nSPS) is 22.2. The first kappa shape index (κ1) is 9.22. The number of para-hydroxylation sites is 1. The molecule has 1 aromatic heterocycles. The van der Waals surface area contributed by atoms with E-state index in [0.717, 1.165) is 18.1 Å². The summed E-state index contributed by atoms with van der Waals surface area (Å²) in [4.78, 5) is 4.50. The molecular formula is C13H13N3O. The van der Waals surface area contributed by atoms with Crippen LogP contribution in [-0.2, 0) is 6.42 Å². The van der Waals surface area contributed by atoms with Crippen molar-refractivity contribution in [1.29, 1.82) is 0 Å². The number of benzene rings is 1. The second-order valence-corrected chi connectivity index (χ2v) is 4.82. The van der Waals surface area contributed by atoms with Crippen molar-refractivity contribution in [3.05, 3.63) is 41.5 Å². The smallest absolute Gasteiger partial charge is 0.249 e. The van der Waals surface area contributed by atoms with E-state index >= 15 is 0 Å². The second kappa shape index (κ2) is 3.32. The van der Waals surface area contributed by atoms with E-state index in [4.69, 9.17) is 4.52 Å². The summed E-state index contributed by atoms with van der Waals surface area (Å²) in [5.41, 5.74) is 2.51. The van der Waals surface area contributed by atoms with Crippen molar-refractivity contribution in [3.63, 3.8) is 0 Å². The van der Waals surface area contributed by atoms with Gasteiger partial charge in [0.25, 0.3) is 0 Å². The van der Waals surface area contributed by atoms with Crippen LogP contribution in [0.3, 0.4) is 0 Å². The number of rotatable bonds is 2. The van der Waals surface area contributed by atoms with E-state index in [-0.39, 0.29) is 6.04 Å². The molecule has 1 aliphatic heterocycles. The summed E-state index contributed by atoms with van der Waals surface area (Å²) in [7, 11) is 0.